The zero-order valence-electron chi connectivity index (χ0n) is 15.1. The van der Waals surface area contributed by atoms with Crippen molar-refractivity contribution < 1.29 is 24.2 Å². The van der Waals surface area contributed by atoms with E-state index in [9.17, 15) is 19.5 Å². The van der Waals surface area contributed by atoms with Gasteiger partial charge in [-0.2, -0.15) is 0 Å². The first-order chi connectivity index (χ1) is 13.4. The summed E-state index contributed by atoms with van der Waals surface area (Å²) in [6, 6.07) is 15.9. The van der Waals surface area contributed by atoms with E-state index in [1.165, 1.54) is 25.1 Å². The van der Waals surface area contributed by atoms with Gasteiger partial charge in [0.1, 0.15) is 11.8 Å². The minimum atomic E-state index is -1.17. The van der Waals surface area contributed by atoms with Crippen LogP contribution in [0.4, 0.5) is 0 Å². The number of fused-ring (bicyclic) bond motifs is 1. The molecule has 0 bridgehead atoms. The van der Waals surface area contributed by atoms with Gasteiger partial charge in [-0.1, -0.05) is 30.3 Å². The summed E-state index contributed by atoms with van der Waals surface area (Å²) in [6.07, 6.45) is 0.0372. The lowest BCUT2D eigenvalue weighted by Gasteiger charge is -2.15. The zero-order chi connectivity index (χ0) is 20.1. The Balaban J connectivity index is 1.76. The third-order valence-corrected chi connectivity index (χ3v) is 4.03. The fourth-order valence-corrected chi connectivity index (χ4v) is 2.74. The van der Waals surface area contributed by atoms with Crippen molar-refractivity contribution in [3.63, 3.8) is 0 Å². The van der Waals surface area contributed by atoms with Gasteiger partial charge >= 0.3 is 11.9 Å². The number of aliphatic carboxylic acids is 1. The molecule has 0 saturated heterocycles. The van der Waals surface area contributed by atoms with Crippen LogP contribution < -0.4 is 10.1 Å². The van der Waals surface area contributed by atoms with Crippen molar-refractivity contribution >= 4 is 28.7 Å². The predicted octanol–water partition coefficient (Wildman–Crippen LogP) is 2.59. The minimum absolute atomic E-state index is 0.0372. The van der Waals surface area contributed by atoms with Gasteiger partial charge in [0.05, 0.1) is 5.52 Å². The molecule has 3 rings (SSSR count). The molecule has 2 aromatic carbocycles. The summed E-state index contributed by atoms with van der Waals surface area (Å²) in [7, 11) is 0. The normalized spacial score (nSPS) is 11.6. The van der Waals surface area contributed by atoms with Crippen LogP contribution in [0.5, 0.6) is 5.75 Å². The number of benzene rings is 2. The first-order valence-corrected chi connectivity index (χ1v) is 8.59. The molecule has 1 aromatic heterocycles. The first kappa shape index (κ1) is 19.0. The highest BCUT2D eigenvalue weighted by atomic mass is 16.5. The summed E-state index contributed by atoms with van der Waals surface area (Å²) >= 11 is 0. The molecule has 0 radical (unpaired) electrons. The van der Waals surface area contributed by atoms with Crippen molar-refractivity contribution in [3.05, 3.63) is 71.9 Å². The molecule has 2 N–H and O–H groups in total. The lowest BCUT2D eigenvalue weighted by atomic mass is 10.1. The number of para-hydroxylation sites is 1. The van der Waals surface area contributed by atoms with Gasteiger partial charge in [-0.15, -0.1) is 0 Å². The van der Waals surface area contributed by atoms with Crippen LogP contribution in [0.3, 0.4) is 0 Å². The molecule has 1 atom stereocenters. The van der Waals surface area contributed by atoms with Crippen LogP contribution in [0.25, 0.3) is 10.9 Å². The van der Waals surface area contributed by atoms with E-state index in [1.807, 2.05) is 30.3 Å². The molecule has 28 heavy (non-hydrogen) atoms. The molecule has 7 nitrogen and oxygen atoms in total. The third-order valence-electron chi connectivity index (χ3n) is 4.03. The predicted molar refractivity (Wildman–Crippen MR) is 102 cm³/mol. The Morgan fingerprint density at radius 3 is 2.61 bits per heavy atom. The minimum Gasteiger partial charge on any atom is -0.480 e. The number of carboxylic acids is 1. The maximum absolute atomic E-state index is 12.5. The Labute approximate surface area is 161 Å². The number of pyridine rings is 1. The van der Waals surface area contributed by atoms with E-state index >= 15 is 0 Å². The van der Waals surface area contributed by atoms with E-state index in [-0.39, 0.29) is 17.7 Å². The van der Waals surface area contributed by atoms with Crippen molar-refractivity contribution in [1.82, 2.24) is 10.3 Å². The van der Waals surface area contributed by atoms with E-state index in [0.717, 1.165) is 10.9 Å². The molecule has 1 amide bonds. The smallest absolute Gasteiger partial charge is 0.326 e. The van der Waals surface area contributed by atoms with Crippen LogP contribution in [-0.2, 0) is 16.0 Å². The molecular formula is C21H18N2O5. The first-order valence-electron chi connectivity index (χ1n) is 8.59. The highest BCUT2D eigenvalue weighted by Crippen LogP contribution is 2.15. The number of ether oxygens (including phenoxy) is 1. The van der Waals surface area contributed by atoms with Gasteiger partial charge in [0.2, 0.25) is 0 Å². The molecule has 3 aromatic rings. The van der Waals surface area contributed by atoms with E-state index < -0.39 is 23.9 Å². The Kier molecular flexibility index (Phi) is 5.64. The number of nitrogens with zero attached hydrogens (tertiary/aromatic N) is 1. The van der Waals surface area contributed by atoms with Crippen LogP contribution >= 0.6 is 0 Å². The number of nitrogens with one attached hydrogen (secondary N) is 1. The van der Waals surface area contributed by atoms with E-state index in [1.54, 1.807) is 12.1 Å². The van der Waals surface area contributed by atoms with Gasteiger partial charge in [-0.3, -0.25) is 14.6 Å². The van der Waals surface area contributed by atoms with Crippen LogP contribution in [0.1, 0.15) is 23.0 Å². The number of carbonyl (C=O) groups is 3. The Morgan fingerprint density at radius 2 is 1.86 bits per heavy atom. The van der Waals surface area contributed by atoms with E-state index in [0.29, 0.717) is 5.69 Å². The number of carboxylic acid groups (broad SMARTS) is 1. The number of carbonyl (C=O) groups excluding carboxylic acids is 2. The van der Waals surface area contributed by atoms with Crippen LogP contribution in [-0.4, -0.2) is 34.0 Å². The highest BCUT2D eigenvalue weighted by molar-refractivity contribution is 5.97. The molecule has 142 valence electrons. The lowest BCUT2D eigenvalue weighted by Crippen LogP contribution is -2.42. The summed E-state index contributed by atoms with van der Waals surface area (Å²) in [6.45, 7) is 1.25. The second-order valence-electron chi connectivity index (χ2n) is 6.19. The molecule has 1 heterocycles. The summed E-state index contributed by atoms with van der Waals surface area (Å²) in [5.41, 5.74) is 1.50. The van der Waals surface area contributed by atoms with Crippen molar-refractivity contribution in [2.24, 2.45) is 0 Å². The van der Waals surface area contributed by atoms with Crippen molar-refractivity contribution in [3.8, 4) is 5.75 Å². The summed E-state index contributed by atoms with van der Waals surface area (Å²) in [4.78, 5) is 39.6. The summed E-state index contributed by atoms with van der Waals surface area (Å²) in [5.74, 6) is -2.05. The fourth-order valence-electron chi connectivity index (χ4n) is 2.74. The number of hydrogen-bond acceptors (Lipinski definition) is 5. The van der Waals surface area contributed by atoms with Crippen molar-refractivity contribution in [2.45, 2.75) is 19.4 Å². The van der Waals surface area contributed by atoms with Crippen LogP contribution in [0, 0.1) is 0 Å². The molecule has 0 aliphatic rings. The number of amides is 1. The maximum Gasteiger partial charge on any atom is 0.326 e. The second kappa shape index (κ2) is 8.30. The second-order valence-corrected chi connectivity index (χ2v) is 6.19. The number of rotatable bonds is 6. The lowest BCUT2D eigenvalue weighted by molar-refractivity contribution is -0.139. The van der Waals surface area contributed by atoms with Crippen molar-refractivity contribution in [1.29, 1.82) is 0 Å². The molecule has 0 aliphatic heterocycles. The Hall–Kier alpha value is -3.74. The van der Waals surface area contributed by atoms with Gasteiger partial charge in [0.15, 0.2) is 0 Å². The SMILES string of the molecule is CC(=O)Oc1cccc(C(=O)N[C@@H](Cc2ccc3ccccc3n2)C(=O)O)c1. The monoisotopic (exact) mass is 378 g/mol. The highest BCUT2D eigenvalue weighted by Gasteiger charge is 2.22. The van der Waals surface area contributed by atoms with Gasteiger partial charge in [-0.05, 0) is 30.3 Å². The standard InChI is InChI=1S/C21H18N2O5/c1-13(24)28-17-7-4-6-15(11-17)20(25)23-19(21(26)27)12-16-10-9-14-5-2-3-8-18(14)22-16/h2-11,19H,12H2,1H3,(H,23,25)(H,26,27)/t19-/m0/s1. The van der Waals surface area contributed by atoms with Gasteiger partial charge < -0.3 is 15.2 Å². The summed E-state index contributed by atoms with van der Waals surface area (Å²) < 4.78 is 4.95. The molecule has 7 heteroatoms. The van der Waals surface area contributed by atoms with Crippen LogP contribution in [0.15, 0.2) is 60.7 Å². The Bertz CT molecular complexity index is 1050. The fraction of sp³-hybridized carbons (Fsp3) is 0.143. The third kappa shape index (κ3) is 4.70. The maximum atomic E-state index is 12.5. The molecule has 0 saturated carbocycles. The molecule has 0 fully saturated rings. The zero-order valence-corrected chi connectivity index (χ0v) is 15.1. The van der Waals surface area contributed by atoms with Gasteiger partial charge in [-0.25, -0.2) is 4.79 Å². The molecule has 0 spiro atoms. The van der Waals surface area contributed by atoms with Crippen molar-refractivity contribution in [2.75, 3.05) is 0 Å². The van der Waals surface area contributed by atoms with Crippen LogP contribution in [0.2, 0.25) is 0 Å². The van der Waals surface area contributed by atoms with E-state index in [4.69, 9.17) is 4.74 Å². The molecule has 0 unspecified atom stereocenters. The number of esters is 1. The number of aromatic nitrogens is 1. The quantitative estimate of drug-likeness (QED) is 0.504. The van der Waals surface area contributed by atoms with Gasteiger partial charge in [0.25, 0.3) is 5.91 Å². The van der Waals surface area contributed by atoms with Gasteiger partial charge in [0, 0.05) is 30.0 Å². The largest absolute Gasteiger partial charge is 0.480 e. The average molecular weight is 378 g/mol. The van der Waals surface area contributed by atoms with E-state index in [2.05, 4.69) is 10.3 Å². The summed E-state index contributed by atoms with van der Waals surface area (Å²) in [5, 5.41) is 12.9. The number of hydrogen-bond donors (Lipinski definition) is 2. The topological polar surface area (TPSA) is 106 Å². The average Bonchev–Trinajstić information content (AvgIpc) is 2.67. The molecule has 0 aliphatic carbocycles. The molecular weight excluding hydrogens is 360 g/mol. The Morgan fingerprint density at radius 1 is 1.07 bits per heavy atom.